The summed E-state index contributed by atoms with van der Waals surface area (Å²) in [5.74, 6) is -1.33. The van der Waals surface area contributed by atoms with Gasteiger partial charge in [0, 0.05) is 18.7 Å². The number of hydrogen-bond acceptors (Lipinski definition) is 4. The summed E-state index contributed by atoms with van der Waals surface area (Å²) in [6, 6.07) is 0. The minimum atomic E-state index is -1.07. The molecule has 0 unspecified atom stereocenters. The van der Waals surface area contributed by atoms with E-state index in [1.165, 1.54) is 22.1 Å². The molecule has 1 amide bonds. The molecule has 3 heterocycles. The average molecular weight is 263 g/mol. The van der Waals surface area contributed by atoms with Crippen molar-refractivity contribution in [2.45, 2.75) is 5.37 Å². The van der Waals surface area contributed by atoms with Crippen molar-refractivity contribution < 1.29 is 14.7 Å². The topological polar surface area (TPSA) is 75.4 Å². The Morgan fingerprint density at radius 3 is 3.00 bits per heavy atom. The number of aliphatic carboxylic acids is 1. The zero-order valence-corrected chi connectivity index (χ0v) is 10.2. The summed E-state index contributed by atoms with van der Waals surface area (Å²) in [6.45, 7) is 0. The van der Waals surface area contributed by atoms with Gasteiger partial charge in [-0.25, -0.2) is 9.78 Å². The molecule has 3 rings (SSSR count). The number of carbonyl (C=O) groups excluding carboxylic acids is 1. The molecule has 1 aromatic heterocycles. The van der Waals surface area contributed by atoms with Gasteiger partial charge < -0.3 is 9.67 Å². The van der Waals surface area contributed by atoms with E-state index in [2.05, 4.69) is 4.98 Å². The highest BCUT2D eigenvalue weighted by Gasteiger charge is 2.49. The number of carbonyl (C=O) groups is 2. The van der Waals surface area contributed by atoms with Crippen LogP contribution in [-0.2, 0) is 16.6 Å². The van der Waals surface area contributed by atoms with Crippen LogP contribution in [0.4, 0.5) is 0 Å². The van der Waals surface area contributed by atoms with E-state index in [4.69, 9.17) is 5.11 Å². The molecule has 0 saturated carbocycles. The van der Waals surface area contributed by atoms with Crippen molar-refractivity contribution in [2.75, 3.05) is 0 Å². The lowest BCUT2D eigenvalue weighted by Gasteiger charge is -2.36. The molecule has 0 spiro atoms. The van der Waals surface area contributed by atoms with Crippen LogP contribution in [0.1, 0.15) is 5.69 Å². The van der Waals surface area contributed by atoms with Crippen LogP contribution in [0.3, 0.4) is 0 Å². The van der Waals surface area contributed by atoms with Crippen LogP contribution in [-0.4, -0.2) is 36.8 Å². The van der Waals surface area contributed by atoms with Crippen LogP contribution in [0.2, 0.25) is 0 Å². The number of aromatic nitrogens is 2. The fraction of sp³-hybridized carbons (Fsp3) is 0.182. The van der Waals surface area contributed by atoms with E-state index < -0.39 is 5.97 Å². The second kappa shape index (κ2) is 3.74. The van der Waals surface area contributed by atoms with Crippen molar-refractivity contribution in [3.05, 3.63) is 34.9 Å². The standard InChI is InChI=1S/C11H9N3O3S/c1-13-3-6(12-5-13)2-7-9(15)14-8(11(16)17)4-18-10(7)14/h2-5,10H,1H3,(H,16,17)/t10-/m1/s1. The molecule has 92 valence electrons. The van der Waals surface area contributed by atoms with E-state index in [0.717, 1.165) is 0 Å². The van der Waals surface area contributed by atoms with E-state index in [1.54, 1.807) is 23.2 Å². The third-order valence-electron chi connectivity index (χ3n) is 2.78. The lowest BCUT2D eigenvalue weighted by molar-refractivity contribution is -0.141. The summed E-state index contributed by atoms with van der Waals surface area (Å²) >= 11 is 1.33. The molecule has 18 heavy (non-hydrogen) atoms. The van der Waals surface area contributed by atoms with Gasteiger partial charge in [0.05, 0.1) is 17.6 Å². The normalized spacial score (nSPS) is 23.9. The van der Waals surface area contributed by atoms with Crippen molar-refractivity contribution in [1.82, 2.24) is 14.5 Å². The third-order valence-corrected chi connectivity index (χ3v) is 3.86. The van der Waals surface area contributed by atoms with Crippen molar-refractivity contribution >= 4 is 29.7 Å². The van der Waals surface area contributed by atoms with E-state index >= 15 is 0 Å². The highest BCUT2D eigenvalue weighted by Crippen LogP contribution is 2.44. The molecule has 1 saturated heterocycles. The number of amides is 1. The molecule has 7 heteroatoms. The maximum atomic E-state index is 11.9. The zero-order valence-electron chi connectivity index (χ0n) is 9.40. The monoisotopic (exact) mass is 263 g/mol. The Labute approximate surface area is 107 Å². The predicted molar refractivity (Wildman–Crippen MR) is 65.1 cm³/mol. The quantitative estimate of drug-likeness (QED) is 0.626. The largest absolute Gasteiger partial charge is 0.477 e. The number of β-lactam (4-membered cyclic amide) rings is 1. The van der Waals surface area contributed by atoms with Gasteiger partial charge in [-0.15, -0.1) is 11.8 Å². The van der Waals surface area contributed by atoms with E-state index in [-0.39, 0.29) is 17.0 Å². The third kappa shape index (κ3) is 1.47. The predicted octanol–water partition coefficient (Wildman–Crippen LogP) is 0.645. The Morgan fingerprint density at radius 2 is 2.39 bits per heavy atom. The molecule has 1 fully saturated rings. The molecule has 0 aliphatic carbocycles. The van der Waals surface area contributed by atoms with Crippen LogP contribution in [0.15, 0.2) is 29.2 Å². The highest BCUT2D eigenvalue weighted by molar-refractivity contribution is 8.03. The number of carboxylic acid groups (broad SMARTS) is 1. The molecule has 1 aromatic rings. The first kappa shape index (κ1) is 11.1. The van der Waals surface area contributed by atoms with Crippen LogP contribution in [0, 0.1) is 0 Å². The Balaban J connectivity index is 1.86. The number of imidazole rings is 1. The first-order chi connectivity index (χ1) is 8.58. The molecule has 0 aromatic carbocycles. The fourth-order valence-electron chi connectivity index (χ4n) is 1.93. The summed E-state index contributed by atoms with van der Waals surface area (Å²) in [4.78, 5) is 28.2. The molecular weight excluding hydrogens is 254 g/mol. The van der Waals surface area contributed by atoms with Gasteiger partial charge in [-0.1, -0.05) is 0 Å². The fourth-order valence-corrected chi connectivity index (χ4v) is 3.05. The van der Waals surface area contributed by atoms with Crippen LogP contribution < -0.4 is 0 Å². The second-order valence-corrected chi connectivity index (χ2v) is 4.99. The maximum absolute atomic E-state index is 11.9. The molecule has 1 N–H and O–H groups in total. The minimum Gasteiger partial charge on any atom is -0.477 e. The van der Waals surface area contributed by atoms with Crippen LogP contribution >= 0.6 is 11.8 Å². The molecule has 1 atom stereocenters. The Morgan fingerprint density at radius 1 is 1.61 bits per heavy atom. The van der Waals surface area contributed by atoms with Gasteiger partial charge in [0.2, 0.25) is 0 Å². The molecule has 0 bridgehead atoms. The molecule has 2 aliphatic heterocycles. The number of fused-ring (bicyclic) bond motifs is 1. The number of hydrogen-bond donors (Lipinski definition) is 1. The van der Waals surface area contributed by atoms with Gasteiger partial charge >= 0.3 is 5.97 Å². The summed E-state index contributed by atoms with van der Waals surface area (Å²) in [6.07, 6.45) is 5.15. The number of rotatable bonds is 2. The van der Waals surface area contributed by atoms with Gasteiger partial charge in [-0.2, -0.15) is 0 Å². The van der Waals surface area contributed by atoms with Gasteiger partial charge in [-0.05, 0) is 6.08 Å². The van der Waals surface area contributed by atoms with Crippen LogP contribution in [0.5, 0.6) is 0 Å². The number of thioether (sulfide) groups is 1. The first-order valence-corrected chi connectivity index (χ1v) is 6.14. The van der Waals surface area contributed by atoms with E-state index in [9.17, 15) is 9.59 Å². The Bertz CT molecular complexity index is 617. The highest BCUT2D eigenvalue weighted by atomic mass is 32.2. The lowest BCUT2D eigenvalue weighted by atomic mass is 10.0. The second-order valence-electron chi connectivity index (χ2n) is 4.04. The molecular formula is C11H9N3O3S. The summed E-state index contributed by atoms with van der Waals surface area (Å²) < 4.78 is 1.79. The minimum absolute atomic E-state index is 0.0492. The van der Waals surface area contributed by atoms with Crippen molar-refractivity contribution in [1.29, 1.82) is 0 Å². The molecule has 6 nitrogen and oxygen atoms in total. The number of carboxylic acids is 1. The summed E-state index contributed by atoms with van der Waals surface area (Å²) in [5, 5.41) is 10.2. The average Bonchev–Trinajstić information content (AvgIpc) is 2.89. The molecule has 0 radical (unpaired) electrons. The van der Waals surface area contributed by atoms with E-state index in [1.807, 2.05) is 7.05 Å². The van der Waals surface area contributed by atoms with Crippen molar-refractivity contribution in [2.24, 2.45) is 7.05 Å². The zero-order chi connectivity index (χ0) is 12.9. The Hall–Kier alpha value is -2.02. The van der Waals surface area contributed by atoms with Crippen molar-refractivity contribution in [3.63, 3.8) is 0 Å². The number of nitrogens with zero attached hydrogens (tertiary/aromatic N) is 3. The lowest BCUT2D eigenvalue weighted by Crippen LogP contribution is -2.51. The first-order valence-electron chi connectivity index (χ1n) is 5.20. The Kier molecular flexibility index (Phi) is 2.30. The van der Waals surface area contributed by atoms with E-state index in [0.29, 0.717) is 11.3 Å². The van der Waals surface area contributed by atoms with Gasteiger partial charge in [-0.3, -0.25) is 9.69 Å². The van der Waals surface area contributed by atoms with Gasteiger partial charge in [0.25, 0.3) is 5.91 Å². The van der Waals surface area contributed by atoms with Gasteiger partial charge in [0.1, 0.15) is 11.1 Å². The number of aryl methyl sites for hydroxylation is 1. The smallest absolute Gasteiger partial charge is 0.353 e. The maximum Gasteiger partial charge on any atom is 0.353 e. The summed E-state index contributed by atoms with van der Waals surface area (Å²) in [5.41, 5.74) is 1.34. The SMILES string of the molecule is Cn1cnc(C=C2C(=O)N3C(C(=O)O)=CS[C@H]23)c1. The summed E-state index contributed by atoms with van der Waals surface area (Å²) in [7, 11) is 1.85. The molecule has 2 aliphatic rings. The van der Waals surface area contributed by atoms with Gasteiger partial charge in [0.15, 0.2) is 0 Å². The van der Waals surface area contributed by atoms with Crippen molar-refractivity contribution in [3.8, 4) is 0 Å². The van der Waals surface area contributed by atoms with Crippen LogP contribution in [0.25, 0.3) is 6.08 Å².